The lowest BCUT2D eigenvalue weighted by atomic mass is 10.2. The molecular formula is C11H13F3N4OS. The topological polar surface area (TPSA) is 77.8 Å². The van der Waals surface area contributed by atoms with E-state index in [1.54, 1.807) is 0 Å². The van der Waals surface area contributed by atoms with E-state index in [1.165, 1.54) is 11.3 Å². The standard InChI is InChI=1S/C11H13F3N4OS/c12-11(13,14)5-4-8-17-9(19-18-8)3-1-2-7-6-20-10(15)16-7/h6H,1-5H2,(H2,15,16). The maximum atomic E-state index is 12.0. The average molecular weight is 306 g/mol. The molecule has 0 amide bonds. The molecule has 0 aromatic carbocycles. The SMILES string of the molecule is Nc1nc(CCCc2nc(CCC(F)(F)F)no2)cs1. The van der Waals surface area contributed by atoms with Crippen LogP contribution < -0.4 is 5.73 Å². The van der Waals surface area contributed by atoms with Gasteiger partial charge in [0.05, 0.1) is 12.1 Å². The Morgan fingerprint density at radius 2 is 2.00 bits per heavy atom. The highest BCUT2D eigenvalue weighted by atomic mass is 32.1. The predicted molar refractivity (Wildman–Crippen MR) is 67.2 cm³/mol. The fourth-order valence-electron chi connectivity index (χ4n) is 1.60. The van der Waals surface area contributed by atoms with Crippen molar-refractivity contribution in [3.05, 3.63) is 22.8 Å². The first kappa shape index (κ1) is 14.8. The van der Waals surface area contributed by atoms with Crippen molar-refractivity contribution < 1.29 is 17.7 Å². The van der Waals surface area contributed by atoms with Gasteiger partial charge in [-0.3, -0.25) is 0 Å². The zero-order chi connectivity index (χ0) is 14.6. The number of nitrogens with zero attached hydrogens (tertiary/aromatic N) is 3. The number of anilines is 1. The quantitative estimate of drug-likeness (QED) is 0.888. The number of thiazole rings is 1. The summed E-state index contributed by atoms with van der Waals surface area (Å²) in [4.78, 5) is 8.04. The number of hydrogen-bond acceptors (Lipinski definition) is 6. The lowest BCUT2D eigenvalue weighted by Gasteiger charge is -2.01. The van der Waals surface area contributed by atoms with Gasteiger partial charge in [0.1, 0.15) is 0 Å². The van der Waals surface area contributed by atoms with Gasteiger partial charge in [-0.2, -0.15) is 18.2 Å². The van der Waals surface area contributed by atoms with Crippen molar-refractivity contribution in [2.24, 2.45) is 0 Å². The fourth-order valence-corrected chi connectivity index (χ4v) is 2.20. The molecule has 2 heterocycles. The van der Waals surface area contributed by atoms with Crippen LogP contribution in [0.2, 0.25) is 0 Å². The van der Waals surface area contributed by atoms with Crippen molar-refractivity contribution in [3.8, 4) is 0 Å². The van der Waals surface area contributed by atoms with Crippen LogP contribution in [0.25, 0.3) is 0 Å². The van der Waals surface area contributed by atoms with Crippen LogP contribution in [0.3, 0.4) is 0 Å². The Labute approximate surface area is 117 Å². The smallest absolute Gasteiger partial charge is 0.375 e. The number of aryl methyl sites for hydroxylation is 3. The van der Waals surface area contributed by atoms with E-state index in [0.29, 0.717) is 23.9 Å². The van der Waals surface area contributed by atoms with Crippen LogP contribution in [-0.2, 0) is 19.3 Å². The third kappa shape index (κ3) is 4.80. The lowest BCUT2D eigenvalue weighted by molar-refractivity contribution is -0.134. The molecule has 5 nitrogen and oxygen atoms in total. The summed E-state index contributed by atoms with van der Waals surface area (Å²) in [6.45, 7) is 0. The van der Waals surface area contributed by atoms with Gasteiger partial charge in [-0.25, -0.2) is 4.98 Å². The fraction of sp³-hybridized carbons (Fsp3) is 0.545. The molecule has 0 saturated carbocycles. The third-order valence-electron chi connectivity index (χ3n) is 2.54. The number of aromatic nitrogens is 3. The normalized spacial score (nSPS) is 11.9. The lowest BCUT2D eigenvalue weighted by Crippen LogP contribution is -2.09. The second-order valence-corrected chi connectivity index (χ2v) is 5.14. The number of alkyl halides is 3. The summed E-state index contributed by atoms with van der Waals surface area (Å²) in [5.74, 6) is 0.445. The van der Waals surface area contributed by atoms with E-state index in [0.717, 1.165) is 12.1 Å². The Kier molecular flexibility index (Phi) is 4.58. The molecule has 0 unspecified atom stereocenters. The molecule has 0 radical (unpaired) electrons. The molecule has 0 bridgehead atoms. The highest BCUT2D eigenvalue weighted by molar-refractivity contribution is 7.13. The van der Waals surface area contributed by atoms with Gasteiger partial charge < -0.3 is 10.3 Å². The van der Waals surface area contributed by atoms with Gasteiger partial charge in [0.15, 0.2) is 11.0 Å². The monoisotopic (exact) mass is 306 g/mol. The molecule has 0 saturated heterocycles. The molecule has 0 aliphatic heterocycles. The third-order valence-corrected chi connectivity index (χ3v) is 3.26. The summed E-state index contributed by atoms with van der Waals surface area (Å²) in [5.41, 5.74) is 6.40. The molecule has 9 heteroatoms. The zero-order valence-corrected chi connectivity index (χ0v) is 11.3. The van der Waals surface area contributed by atoms with E-state index >= 15 is 0 Å². The van der Waals surface area contributed by atoms with Gasteiger partial charge in [-0.15, -0.1) is 11.3 Å². The summed E-state index contributed by atoms with van der Waals surface area (Å²) in [6, 6.07) is 0. The molecule has 0 aliphatic rings. The minimum atomic E-state index is -4.20. The molecule has 0 fully saturated rings. The molecular weight excluding hydrogens is 293 g/mol. The molecule has 20 heavy (non-hydrogen) atoms. The van der Waals surface area contributed by atoms with E-state index < -0.39 is 12.6 Å². The summed E-state index contributed by atoms with van der Waals surface area (Å²) >= 11 is 1.37. The Morgan fingerprint density at radius 3 is 2.65 bits per heavy atom. The number of hydrogen-bond donors (Lipinski definition) is 1. The van der Waals surface area contributed by atoms with Gasteiger partial charge >= 0.3 is 6.18 Å². The number of nitrogens with two attached hydrogens (primary N) is 1. The van der Waals surface area contributed by atoms with Crippen LogP contribution in [0.5, 0.6) is 0 Å². The minimum Gasteiger partial charge on any atom is -0.375 e. The Balaban J connectivity index is 1.75. The number of rotatable bonds is 6. The van der Waals surface area contributed by atoms with Crippen molar-refractivity contribution in [2.75, 3.05) is 5.73 Å². The van der Waals surface area contributed by atoms with Crippen LogP contribution in [-0.4, -0.2) is 21.3 Å². The first-order valence-corrected chi connectivity index (χ1v) is 6.88. The largest absolute Gasteiger partial charge is 0.389 e. The predicted octanol–water partition coefficient (Wildman–Crippen LogP) is 2.78. The Bertz CT molecular complexity index is 552. The average Bonchev–Trinajstić information content (AvgIpc) is 2.95. The first-order chi connectivity index (χ1) is 9.42. The van der Waals surface area contributed by atoms with Crippen molar-refractivity contribution in [1.82, 2.24) is 15.1 Å². The molecule has 2 aromatic rings. The summed E-state index contributed by atoms with van der Waals surface area (Å²) in [5, 5.41) is 5.92. The van der Waals surface area contributed by atoms with Crippen LogP contribution in [0, 0.1) is 0 Å². The molecule has 0 atom stereocenters. The number of halogens is 3. The zero-order valence-electron chi connectivity index (χ0n) is 10.5. The second-order valence-electron chi connectivity index (χ2n) is 4.25. The Morgan fingerprint density at radius 1 is 1.20 bits per heavy atom. The maximum absolute atomic E-state index is 12.0. The van der Waals surface area contributed by atoms with Crippen molar-refractivity contribution in [3.63, 3.8) is 0 Å². The van der Waals surface area contributed by atoms with Gasteiger partial charge in [0, 0.05) is 18.2 Å². The van der Waals surface area contributed by atoms with Crippen molar-refractivity contribution in [2.45, 2.75) is 38.3 Å². The van der Waals surface area contributed by atoms with E-state index in [2.05, 4.69) is 15.1 Å². The Hall–Kier alpha value is -1.64. The van der Waals surface area contributed by atoms with E-state index in [9.17, 15) is 13.2 Å². The van der Waals surface area contributed by atoms with Crippen molar-refractivity contribution in [1.29, 1.82) is 0 Å². The van der Waals surface area contributed by atoms with Crippen LogP contribution in [0.15, 0.2) is 9.90 Å². The van der Waals surface area contributed by atoms with Gasteiger partial charge in [-0.05, 0) is 12.8 Å². The maximum Gasteiger partial charge on any atom is 0.389 e. The highest BCUT2D eigenvalue weighted by Crippen LogP contribution is 2.21. The van der Waals surface area contributed by atoms with Gasteiger partial charge in [-0.1, -0.05) is 5.16 Å². The molecule has 2 rings (SSSR count). The molecule has 2 N–H and O–H groups in total. The van der Waals surface area contributed by atoms with Crippen LogP contribution >= 0.6 is 11.3 Å². The molecule has 110 valence electrons. The molecule has 0 aliphatic carbocycles. The van der Waals surface area contributed by atoms with Gasteiger partial charge in [0.25, 0.3) is 0 Å². The summed E-state index contributed by atoms with van der Waals surface area (Å²) in [7, 11) is 0. The van der Waals surface area contributed by atoms with Crippen LogP contribution in [0.4, 0.5) is 18.3 Å². The minimum absolute atomic E-state index is 0.0928. The van der Waals surface area contributed by atoms with Crippen LogP contribution in [0.1, 0.15) is 30.3 Å². The first-order valence-electron chi connectivity index (χ1n) is 6.00. The van der Waals surface area contributed by atoms with E-state index in [4.69, 9.17) is 10.3 Å². The summed E-state index contributed by atoms with van der Waals surface area (Å²) in [6.07, 6.45) is -3.44. The van der Waals surface area contributed by atoms with E-state index in [1.807, 2.05) is 5.38 Å². The highest BCUT2D eigenvalue weighted by Gasteiger charge is 2.27. The summed E-state index contributed by atoms with van der Waals surface area (Å²) < 4.78 is 41.0. The van der Waals surface area contributed by atoms with Gasteiger partial charge in [0.2, 0.25) is 5.89 Å². The molecule has 0 spiro atoms. The number of nitrogen functional groups attached to an aromatic ring is 1. The van der Waals surface area contributed by atoms with E-state index in [-0.39, 0.29) is 12.2 Å². The molecule has 2 aromatic heterocycles. The second kappa shape index (κ2) is 6.21. The van der Waals surface area contributed by atoms with Crippen molar-refractivity contribution >= 4 is 16.5 Å².